The Morgan fingerprint density at radius 1 is 1.14 bits per heavy atom. The molecule has 0 bridgehead atoms. The molecule has 1 amide bonds. The fourth-order valence-electron chi connectivity index (χ4n) is 2.14. The highest BCUT2D eigenvalue weighted by Gasteiger charge is 2.13. The molecule has 0 saturated carbocycles. The molecule has 1 heterocycles. The first-order chi connectivity index (χ1) is 9.87. The quantitative estimate of drug-likeness (QED) is 0.906. The van der Waals surface area contributed by atoms with Gasteiger partial charge in [0, 0.05) is 29.3 Å². The van der Waals surface area contributed by atoms with Gasteiger partial charge in [-0.15, -0.1) is 5.10 Å². The normalized spacial score (nSPS) is 11.4. The van der Waals surface area contributed by atoms with Crippen LogP contribution < -0.4 is 10.6 Å². The van der Waals surface area contributed by atoms with E-state index in [0.717, 1.165) is 22.3 Å². The van der Waals surface area contributed by atoms with Crippen LogP contribution in [0.25, 0.3) is 10.8 Å². The summed E-state index contributed by atoms with van der Waals surface area (Å²) < 4.78 is 0. The van der Waals surface area contributed by atoms with Gasteiger partial charge < -0.3 is 10.6 Å². The Balaban J connectivity index is 2.02. The first-order valence-corrected chi connectivity index (χ1v) is 7.14. The molecule has 0 aliphatic rings. The molecule has 2 N–H and O–H groups in total. The number of aryl methyl sites for hydroxylation is 1. The van der Waals surface area contributed by atoms with E-state index in [4.69, 9.17) is 0 Å². The highest BCUT2D eigenvalue weighted by molar-refractivity contribution is 5.93. The zero-order valence-electron chi connectivity index (χ0n) is 13.0. The summed E-state index contributed by atoms with van der Waals surface area (Å²) in [5.74, 6) is 0.749. The summed E-state index contributed by atoms with van der Waals surface area (Å²) in [4.78, 5) is 11.8. The van der Waals surface area contributed by atoms with E-state index in [2.05, 4.69) is 20.8 Å². The van der Waals surface area contributed by atoms with Crippen LogP contribution in [0, 0.1) is 6.92 Å². The molecule has 1 aromatic carbocycles. The SMILES string of the molecule is Cc1nnc(NCCC(=O)NC(C)(C)C)c2ccccc12. The van der Waals surface area contributed by atoms with Gasteiger partial charge in [0.25, 0.3) is 0 Å². The number of fused-ring (bicyclic) bond motifs is 1. The number of rotatable bonds is 4. The first-order valence-electron chi connectivity index (χ1n) is 7.14. The summed E-state index contributed by atoms with van der Waals surface area (Å²) in [7, 11) is 0. The summed E-state index contributed by atoms with van der Waals surface area (Å²) in [6.07, 6.45) is 0.404. The van der Waals surface area contributed by atoms with Crippen LogP contribution in [0.15, 0.2) is 24.3 Å². The number of nitrogens with zero attached hydrogens (tertiary/aromatic N) is 2. The van der Waals surface area contributed by atoms with Crippen molar-refractivity contribution >= 4 is 22.5 Å². The van der Waals surface area contributed by atoms with Crippen LogP contribution >= 0.6 is 0 Å². The molecule has 112 valence electrons. The lowest BCUT2D eigenvalue weighted by molar-refractivity contribution is -0.122. The van der Waals surface area contributed by atoms with E-state index in [1.807, 2.05) is 52.0 Å². The molecule has 0 fully saturated rings. The molecule has 2 rings (SSSR count). The lowest BCUT2D eigenvalue weighted by Crippen LogP contribution is -2.41. The smallest absolute Gasteiger partial charge is 0.222 e. The van der Waals surface area contributed by atoms with Crippen molar-refractivity contribution in [1.29, 1.82) is 0 Å². The van der Waals surface area contributed by atoms with Crippen molar-refractivity contribution < 1.29 is 4.79 Å². The van der Waals surface area contributed by atoms with Crippen LogP contribution in [0.2, 0.25) is 0 Å². The molecule has 1 aromatic heterocycles. The second kappa shape index (κ2) is 6.08. The van der Waals surface area contributed by atoms with Crippen molar-refractivity contribution in [1.82, 2.24) is 15.5 Å². The Kier molecular flexibility index (Phi) is 4.40. The average molecular weight is 286 g/mol. The van der Waals surface area contributed by atoms with E-state index in [-0.39, 0.29) is 11.4 Å². The van der Waals surface area contributed by atoms with Crippen LogP contribution in [0.5, 0.6) is 0 Å². The van der Waals surface area contributed by atoms with Crippen LogP contribution in [-0.4, -0.2) is 28.2 Å². The zero-order chi connectivity index (χ0) is 15.5. The predicted molar refractivity (Wildman–Crippen MR) is 85.3 cm³/mol. The fourth-order valence-corrected chi connectivity index (χ4v) is 2.14. The maximum Gasteiger partial charge on any atom is 0.222 e. The molecule has 0 spiro atoms. The van der Waals surface area contributed by atoms with Gasteiger partial charge in [0.15, 0.2) is 5.82 Å². The number of carbonyl (C=O) groups excluding carboxylic acids is 1. The number of carbonyl (C=O) groups is 1. The highest BCUT2D eigenvalue weighted by Crippen LogP contribution is 2.22. The minimum Gasteiger partial charge on any atom is -0.368 e. The van der Waals surface area contributed by atoms with Gasteiger partial charge in [-0.25, -0.2) is 0 Å². The fraction of sp³-hybridized carbons (Fsp3) is 0.438. The largest absolute Gasteiger partial charge is 0.368 e. The minimum absolute atomic E-state index is 0.0272. The van der Waals surface area contributed by atoms with Crippen LogP contribution in [-0.2, 0) is 4.79 Å². The molecule has 21 heavy (non-hydrogen) atoms. The Morgan fingerprint density at radius 3 is 2.48 bits per heavy atom. The molecule has 0 aliphatic carbocycles. The third-order valence-corrected chi connectivity index (χ3v) is 3.03. The molecule has 0 unspecified atom stereocenters. The van der Waals surface area contributed by atoms with Crippen LogP contribution in [0.3, 0.4) is 0 Å². The predicted octanol–water partition coefficient (Wildman–Crippen LogP) is 2.65. The van der Waals surface area contributed by atoms with Crippen molar-refractivity contribution in [2.24, 2.45) is 0 Å². The van der Waals surface area contributed by atoms with E-state index in [9.17, 15) is 4.79 Å². The highest BCUT2D eigenvalue weighted by atomic mass is 16.1. The van der Waals surface area contributed by atoms with Gasteiger partial charge in [-0.2, -0.15) is 5.10 Å². The van der Waals surface area contributed by atoms with E-state index in [1.54, 1.807) is 0 Å². The number of benzene rings is 1. The summed E-state index contributed by atoms with van der Waals surface area (Å²) in [6.45, 7) is 8.38. The third-order valence-electron chi connectivity index (χ3n) is 3.03. The maximum atomic E-state index is 11.8. The number of hydrogen-bond acceptors (Lipinski definition) is 4. The second-order valence-electron chi connectivity index (χ2n) is 6.15. The van der Waals surface area contributed by atoms with Gasteiger partial charge in [-0.05, 0) is 27.7 Å². The average Bonchev–Trinajstić information content (AvgIpc) is 2.40. The Labute approximate surface area is 125 Å². The summed E-state index contributed by atoms with van der Waals surface area (Å²) in [5, 5.41) is 16.6. The minimum atomic E-state index is -0.201. The van der Waals surface area contributed by atoms with Gasteiger partial charge in [0.05, 0.1) is 5.69 Å². The Hall–Kier alpha value is -2.17. The molecule has 0 atom stereocenters. The first kappa shape index (κ1) is 15.2. The van der Waals surface area contributed by atoms with Crippen molar-refractivity contribution in [2.75, 3.05) is 11.9 Å². The number of amides is 1. The monoisotopic (exact) mass is 286 g/mol. The van der Waals surface area contributed by atoms with Crippen LogP contribution in [0.1, 0.15) is 32.9 Å². The lowest BCUT2D eigenvalue weighted by atomic mass is 10.1. The van der Waals surface area contributed by atoms with Crippen molar-refractivity contribution in [3.05, 3.63) is 30.0 Å². The third kappa shape index (κ3) is 4.15. The molecule has 0 saturated heterocycles. The molecule has 5 heteroatoms. The van der Waals surface area contributed by atoms with Crippen molar-refractivity contribution in [3.63, 3.8) is 0 Å². The summed E-state index contributed by atoms with van der Waals surface area (Å²) in [6, 6.07) is 7.99. The van der Waals surface area contributed by atoms with E-state index in [0.29, 0.717) is 13.0 Å². The summed E-state index contributed by atoms with van der Waals surface area (Å²) in [5.41, 5.74) is 0.703. The van der Waals surface area contributed by atoms with Gasteiger partial charge in [-0.3, -0.25) is 4.79 Å². The van der Waals surface area contributed by atoms with Gasteiger partial charge in [-0.1, -0.05) is 24.3 Å². The topological polar surface area (TPSA) is 66.9 Å². The van der Waals surface area contributed by atoms with Crippen LogP contribution in [0.4, 0.5) is 5.82 Å². The molecular formula is C16H22N4O. The molecule has 2 aromatic rings. The number of anilines is 1. The maximum absolute atomic E-state index is 11.8. The Morgan fingerprint density at radius 2 is 1.81 bits per heavy atom. The number of nitrogens with one attached hydrogen (secondary N) is 2. The van der Waals surface area contributed by atoms with Gasteiger partial charge in [0.1, 0.15) is 0 Å². The van der Waals surface area contributed by atoms with E-state index < -0.39 is 0 Å². The van der Waals surface area contributed by atoms with Crippen molar-refractivity contribution in [2.45, 2.75) is 39.7 Å². The van der Waals surface area contributed by atoms with E-state index in [1.165, 1.54) is 0 Å². The number of aromatic nitrogens is 2. The zero-order valence-corrected chi connectivity index (χ0v) is 13.0. The van der Waals surface area contributed by atoms with E-state index >= 15 is 0 Å². The molecule has 0 aliphatic heterocycles. The van der Waals surface area contributed by atoms with Gasteiger partial charge in [0.2, 0.25) is 5.91 Å². The second-order valence-corrected chi connectivity index (χ2v) is 6.15. The molecular weight excluding hydrogens is 264 g/mol. The lowest BCUT2D eigenvalue weighted by Gasteiger charge is -2.20. The number of hydrogen-bond donors (Lipinski definition) is 2. The molecule has 5 nitrogen and oxygen atoms in total. The standard InChI is InChI=1S/C16H22N4O/c1-11-12-7-5-6-8-13(12)15(20-19-11)17-10-9-14(21)18-16(2,3)4/h5-8H,9-10H2,1-4H3,(H,17,20)(H,18,21). The van der Waals surface area contributed by atoms with Crippen molar-refractivity contribution in [3.8, 4) is 0 Å². The Bertz CT molecular complexity index is 646. The molecule has 0 radical (unpaired) electrons. The van der Waals surface area contributed by atoms with Gasteiger partial charge >= 0.3 is 0 Å². The summed E-state index contributed by atoms with van der Waals surface area (Å²) >= 11 is 0.